The van der Waals surface area contributed by atoms with E-state index >= 15 is 0 Å². The molecular formula is C21H14BrF3N2OS. The van der Waals surface area contributed by atoms with Crippen molar-refractivity contribution >= 4 is 43.4 Å². The highest BCUT2D eigenvalue weighted by molar-refractivity contribution is 9.10. The van der Waals surface area contributed by atoms with E-state index in [0.717, 1.165) is 20.8 Å². The zero-order valence-electron chi connectivity index (χ0n) is 14.9. The third kappa shape index (κ3) is 4.09. The molecule has 2 heterocycles. The van der Waals surface area contributed by atoms with Gasteiger partial charge in [0.15, 0.2) is 0 Å². The van der Waals surface area contributed by atoms with Gasteiger partial charge in [-0.05, 0) is 45.8 Å². The van der Waals surface area contributed by atoms with Crippen molar-refractivity contribution in [2.75, 3.05) is 0 Å². The second kappa shape index (κ2) is 8.04. The SMILES string of the molecule is O=C(NCc1cccc(F)c1)c1cc2scc(Br)c2n1Cc1ccc(F)cc1F. The van der Waals surface area contributed by atoms with Gasteiger partial charge in [-0.25, -0.2) is 13.2 Å². The summed E-state index contributed by atoms with van der Waals surface area (Å²) in [5.74, 6) is -2.08. The summed E-state index contributed by atoms with van der Waals surface area (Å²) < 4.78 is 44.1. The van der Waals surface area contributed by atoms with Crippen molar-refractivity contribution in [3.63, 3.8) is 0 Å². The number of benzene rings is 2. The average molecular weight is 479 g/mol. The average Bonchev–Trinajstić information content (AvgIpc) is 3.22. The predicted octanol–water partition coefficient (Wildman–Crippen LogP) is 5.86. The van der Waals surface area contributed by atoms with Crippen LogP contribution in [0.25, 0.3) is 10.2 Å². The fourth-order valence-electron chi connectivity index (χ4n) is 3.12. The smallest absolute Gasteiger partial charge is 0.268 e. The van der Waals surface area contributed by atoms with Crippen LogP contribution in [0, 0.1) is 17.5 Å². The van der Waals surface area contributed by atoms with Crippen molar-refractivity contribution in [3.8, 4) is 0 Å². The summed E-state index contributed by atoms with van der Waals surface area (Å²) in [6, 6.07) is 11.1. The molecule has 1 amide bonds. The van der Waals surface area contributed by atoms with Crippen LogP contribution < -0.4 is 5.32 Å². The number of nitrogens with one attached hydrogen (secondary N) is 1. The molecule has 0 fully saturated rings. The zero-order chi connectivity index (χ0) is 20.5. The summed E-state index contributed by atoms with van der Waals surface area (Å²) in [5, 5.41) is 4.66. The van der Waals surface area contributed by atoms with Gasteiger partial charge in [-0.15, -0.1) is 11.3 Å². The number of aromatic nitrogens is 1. The minimum Gasteiger partial charge on any atom is -0.347 e. The molecule has 3 nitrogen and oxygen atoms in total. The lowest BCUT2D eigenvalue weighted by atomic mass is 10.2. The van der Waals surface area contributed by atoms with Gasteiger partial charge in [0.05, 0.1) is 21.2 Å². The molecule has 0 bridgehead atoms. The van der Waals surface area contributed by atoms with Crippen LogP contribution in [0.15, 0.2) is 58.4 Å². The van der Waals surface area contributed by atoms with Gasteiger partial charge in [-0.3, -0.25) is 4.79 Å². The number of halogens is 4. The maximum atomic E-state index is 14.2. The van der Waals surface area contributed by atoms with Crippen molar-refractivity contribution in [2.45, 2.75) is 13.1 Å². The van der Waals surface area contributed by atoms with Gasteiger partial charge < -0.3 is 9.88 Å². The van der Waals surface area contributed by atoms with Crippen LogP contribution in [0.2, 0.25) is 0 Å². The molecule has 0 aliphatic carbocycles. The van der Waals surface area contributed by atoms with Crippen LogP contribution in [0.1, 0.15) is 21.6 Å². The van der Waals surface area contributed by atoms with E-state index in [1.165, 1.54) is 35.6 Å². The fraction of sp³-hybridized carbons (Fsp3) is 0.0952. The monoisotopic (exact) mass is 478 g/mol. The number of fused-ring (bicyclic) bond motifs is 1. The van der Waals surface area contributed by atoms with Crippen molar-refractivity contribution in [1.29, 1.82) is 0 Å². The summed E-state index contributed by atoms with van der Waals surface area (Å²) in [7, 11) is 0. The molecule has 0 aliphatic rings. The summed E-state index contributed by atoms with van der Waals surface area (Å²) >= 11 is 4.92. The molecule has 0 spiro atoms. The van der Waals surface area contributed by atoms with Crippen LogP contribution in [0.3, 0.4) is 0 Å². The Morgan fingerprint density at radius 1 is 1.07 bits per heavy atom. The predicted molar refractivity (Wildman–Crippen MR) is 111 cm³/mol. The number of carbonyl (C=O) groups is 1. The van der Waals surface area contributed by atoms with E-state index in [4.69, 9.17) is 0 Å². The first-order valence-electron chi connectivity index (χ1n) is 8.65. The number of rotatable bonds is 5. The van der Waals surface area contributed by atoms with E-state index in [9.17, 15) is 18.0 Å². The van der Waals surface area contributed by atoms with Gasteiger partial charge in [0.25, 0.3) is 5.91 Å². The van der Waals surface area contributed by atoms with E-state index in [1.807, 2.05) is 5.38 Å². The van der Waals surface area contributed by atoms with Crippen molar-refractivity contribution < 1.29 is 18.0 Å². The first kappa shape index (κ1) is 19.7. The summed E-state index contributed by atoms with van der Waals surface area (Å²) in [6.07, 6.45) is 0. The molecule has 4 rings (SSSR count). The van der Waals surface area contributed by atoms with E-state index < -0.39 is 11.6 Å². The molecule has 29 heavy (non-hydrogen) atoms. The molecule has 2 aromatic carbocycles. The van der Waals surface area contributed by atoms with Crippen molar-refractivity contribution in [1.82, 2.24) is 9.88 Å². The molecule has 0 radical (unpaired) electrons. The van der Waals surface area contributed by atoms with E-state index in [1.54, 1.807) is 22.8 Å². The maximum Gasteiger partial charge on any atom is 0.268 e. The van der Waals surface area contributed by atoms with Crippen LogP contribution in [0.5, 0.6) is 0 Å². The Morgan fingerprint density at radius 2 is 1.86 bits per heavy atom. The fourth-order valence-corrected chi connectivity index (χ4v) is 4.82. The van der Waals surface area contributed by atoms with Gasteiger partial charge in [-0.1, -0.05) is 18.2 Å². The quantitative estimate of drug-likeness (QED) is 0.382. The lowest BCUT2D eigenvalue weighted by Crippen LogP contribution is -2.25. The zero-order valence-corrected chi connectivity index (χ0v) is 17.3. The third-order valence-corrected chi connectivity index (χ3v) is 6.32. The standard InChI is InChI=1S/C21H14BrF3N2OS/c22-16-11-29-19-8-18(21(28)26-9-12-2-1-3-14(23)6-12)27(20(16)19)10-13-4-5-15(24)7-17(13)25/h1-8,11H,9-10H2,(H,26,28). The first-order chi connectivity index (χ1) is 13.9. The number of amides is 1. The number of thiophene rings is 1. The molecule has 4 aromatic rings. The van der Waals surface area contributed by atoms with Crippen LogP contribution in [-0.4, -0.2) is 10.5 Å². The Bertz CT molecular complexity index is 1220. The molecule has 2 aromatic heterocycles. The number of nitrogens with zero attached hydrogens (tertiary/aromatic N) is 1. The number of hydrogen-bond acceptors (Lipinski definition) is 2. The molecule has 0 saturated heterocycles. The van der Waals surface area contributed by atoms with Crippen LogP contribution >= 0.6 is 27.3 Å². The summed E-state index contributed by atoms with van der Waals surface area (Å²) in [5.41, 5.74) is 1.99. The Hall–Kier alpha value is -2.58. The minimum atomic E-state index is -0.677. The normalized spacial score (nSPS) is 11.2. The lowest BCUT2D eigenvalue weighted by molar-refractivity contribution is 0.0942. The van der Waals surface area contributed by atoms with E-state index in [2.05, 4.69) is 21.2 Å². The first-order valence-corrected chi connectivity index (χ1v) is 10.3. The molecule has 0 unspecified atom stereocenters. The molecule has 0 saturated carbocycles. The molecule has 0 aliphatic heterocycles. The number of hydrogen-bond donors (Lipinski definition) is 1. The van der Waals surface area contributed by atoms with Gasteiger partial charge in [0, 0.05) is 23.6 Å². The van der Waals surface area contributed by atoms with Crippen molar-refractivity contribution in [3.05, 3.63) is 92.7 Å². The Kier molecular flexibility index (Phi) is 5.47. The minimum absolute atomic E-state index is 0.0632. The molecule has 8 heteroatoms. The second-order valence-corrected chi connectivity index (χ2v) is 8.23. The van der Waals surface area contributed by atoms with Crippen LogP contribution in [0.4, 0.5) is 13.2 Å². The third-order valence-electron chi connectivity index (χ3n) is 4.50. The van der Waals surface area contributed by atoms with Gasteiger partial charge in [-0.2, -0.15) is 0 Å². The molecule has 1 N–H and O–H groups in total. The van der Waals surface area contributed by atoms with Crippen LogP contribution in [-0.2, 0) is 13.1 Å². The highest BCUT2D eigenvalue weighted by Crippen LogP contribution is 2.34. The van der Waals surface area contributed by atoms with E-state index in [-0.39, 0.29) is 30.4 Å². The Labute approximate surface area is 176 Å². The molecule has 0 atom stereocenters. The van der Waals surface area contributed by atoms with Crippen molar-refractivity contribution in [2.24, 2.45) is 0 Å². The van der Waals surface area contributed by atoms with Gasteiger partial charge in [0.2, 0.25) is 0 Å². The highest BCUT2D eigenvalue weighted by atomic mass is 79.9. The van der Waals surface area contributed by atoms with Gasteiger partial charge >= 0.3 is 0 Å². The summed E-state index contributed by atoms with van der Waals surface area (Å²) in [4.78, 5) is 12.8. The van der Waals surface area contributed by atoms with Gasteiger partial charge in [0.1, 0.15) is 23.1 Å². The number of carbonyl (C=O) groups excluding carboxylic acids is 1. The Balaban J connectivity index is 1.66. The second-order valence-electron chi connectivity index (χ2n) is 6.46. The summed E-state index contributed by atoms with van der Waals surface area (Å²) in [6.45, 7) is 0.217. The maximum absolute atomic E-state index is 14.2. The highest BCUT2D eigenvalue weighted by Gasteiger charge is 2.20. The lowest BCUT2D eigenvalue weighted by Gasteiger charge is -2.12. The van der Waals surface area contributed by atoms with E-state index in [0.29, 0.717) is 11.3 Å². The molecular weight excluding hydrogens is 465 g/mol. The largest absolute Gasteiger partial charge is 0.347 e. The Morgan fingerprint density at radius 3 is 2.62 bits per heavy atom. The topological polar surface area (TPSA) is 34.0 Å². The molecule has 148 valence electrons.